The van der Waals surface area contributed by atoms with Crippen LogP contribution in [0.4, 0.5) is 0 Å². The van der Waals surface area contributed by atoms with Crippen LogP contribution in [0.5, 0.6) is 5.88 Å². The van der Waals surface area contributed by atoms with E-state index in [1.165, 1.54) is 0 Å². The van der Waals surface area contributed by atoms with Gasteiger partial charge in [-0.15, -0.1) is 0 Å². The molecule has 0 radical (unpaired) electrons. The number of fused-ring (bicyclic) bond motifs is 3. The minimum absolute atomic E-state index is 0.0979. The summed E-state index contributed by atoms with van der Waals surface area (Å²) in [5.41, 5.74) is 2.43. The Morgan fingerprint density at radius 2 is 1.97 bits per heavy atom. The first-order valence-electron chi connectivity index (χ1n) is 10.6. The summed E-state index contributed by atoms with van der Waals surface area (Å²) in [5, 5.41) is 4.58. The number of piperidine rings is 2. The van der Waals surface area contributed by atoms with Gasteiger partial charge in [-0.3, -0.25) is 9.48 Å². The van der Waals surface area contributed by atoms with Gasteiger partial charge in [-0.1, -0.05) is 36.4 Å². The smallest absolute Gasteiger partial charge is 0.257 e. The molecule has 3 atom stereocenters. The maximum absolute atomic E-state index is 13.5. The molecule has 1 aromatic carbocycles. The van der Waals surface area contributed by atoms with E-state index in [0.29, 0.717) is 29.9 Å². The Morgan fingerprint density at radius 3 is 2.70 bits per heavy atom. The van der Waals surface area contributed by atoms with Crippen LogP contribution in [0.2, 0.25) is 0 Å². The topological polar surface area (TPSA) is 60.2 Å². The molecule has 30 heavy (non-hydrogen) atoms. The summed E-state index contributed by atoms with van der Waals surface area (Å²) in [6, 6.07) is 15.9. The third-order valence-corrected chi connectivity index (χ3v) is 6.43. The van der Waals surface area contributed by atoms with Crippen molar-refractivity contribution in [2.75, 3.05) is 13.2 Å². The lowest BCUT2D eigenvalue weighted by Gasteiger charge is -2.49. The first kappa shape index (κ1) is 18.9. The van der Waals surface area contributed by atoms with E-state index < -0.39 is 0 Å². The maximum Gasteiger partial charge on any atom is 0.257 e. The number of hydrogen-bond donors (Lipinski definition) is 0. The van der Waals surface area contributed by atoms with Crippen LogP contribution in [-0.4, -0.2) is 44.8 Å². The van der Waals surface area contributed by atoms with E-state index in [1.54, 1.807) is 10.9 Å². The Hall–Kier alpha value is -3.15. The van der Waals surface area contributed by atoms with Gasteiger partial charge in [-0.25, -0.2) is 4.98 Å². The minimum atomic E-state index is 0.0979. The number of rotatable bonds is 5. The fraction of sp³-hybridized carbons (Fsp3) is 0.375. The van der Waals surface area contributed by atoms with Gasteiger partial charge in [0.2, 0.25) is 5.88 Å². The number of ether oxygens (including phenoxy) is 1. The molecule has 154 valence electrons. The number of benzene rings is 1. The molecule has 3 aromatic rings. The number of amides is 1. The fourth-order valence-electron chi connectivity index (χ4n) is 4.91. The molecule has 2 aliphatic heterocycles. The van der Waals surface area contributed by atoms with Crippen molar-refractivity contribution in [1.82, 2.24) is 19.7 Å². The molecule has 1 saturated carbocycles. The first-order chi connectivity index (χ1) is 14.7. The van der Waals surface area contributed by atoms with Crippen molar-refractivity contribution >= 4 is 5.91 Å². The highest BCUT2D eigenvalue weighted by Gasteiger charge is 2.43. The summed E-state index contributed by atoms with van der Waals surface area (Å²) in [5.74, 6) is 1.72. The van der Waals surface area contributed by atoms with Crippen LogP contribution in [-0.2, 0) is 7.05 Å². The van der Waals surface area contributed by atoms with Gasteiger partial charge in [0.1, 0.15) is 5.69 Å². The van der Waals surface area contributed by atoms with Gasteiger partial charge in [0, 0.05) is 43.7 Å². The number of aryl methyl sites for hydroxylation is 1. The molecular formula is C24H26N4O2. The third-order valence-electron chi connectivity index (χ3n) is 6.43. The van der Waals surface area contributed by atoms with Gasteiger partial charge in [0.25, 0.3) is 5.91 Å². The zero-order chi connectivity index (χ0) is 20.5. The van der Waals surface area contributed by atoms with Crippen LogP contribution < -0.4 is 4.74 Å². The van der Waals surface area contributed by atoms with E-state index >= 15 is 0 Å². The molecule has 3 unspecified atom stereocenters. The Labute approximate surface area is 176 Å². The van der Waals surface area contributed by atoms with Gasteiger partial charge in [0.15, 0.2) is 0 Å². The van der Waals surface area contributed by atoms with E-state index in [1.807, 2.05) is 61.8 Å². The highest BCUT2D eigenvalue weighted by atomic mass is 16.5. The van der Waals surface area contributed by atoms with E-state index in [4.69, 9.17) is 4.74 Å². The lowest BCUT2D eigenvalue weighted by atomic mass is 9.72. The van der Waals surface area contributed by atoms with E-state index in [-0.39, 0.29) is 11.9 Å². The van der Waals surface area contributed by atoms with Gasteiger partial charge < -0.3 is 9.64 Å². The maximum atomic E-state index is 13.5. The van der Waals surface area contributed by atoms with Gasteiger partial charge in [0.05, 0.1) is 12.2 Å². The molecule has 6 nitrogen and oxygen atoms in total. The van der Waals surface area contributed by atoms with Crippen LogP contribution in [0.1, 0.15) is 29.6 Å². The van der Waals surface area contributed by atoms with Gasteiger partial charge >= 0.3 is 0 Å². The molecule has 1 aliphatic carbocycles. The molecule has 6 rings (SSSR count). The van der Waals surface area contributed by atoms with Crippen molar-refractivity contribution in [3.63, 3.8) is 0 Å². The molecule has 4 heterocycles. The van der Waals surface area contributed by atoms with Crippen molar-refractivity contribution < 1.29 is 9.53 Å². The Kier molecular flexibility index (Phi) is 4.99. The summed E-state index contributed by atoms with van der Waals surface area (Å²) < 4.78 is 7.67. The molecule has 2 bridgehead atoms. The van der Waals surface area contributed by atoms with Crippen LogP contribution in [0.15, 0.2) is 60.9 Å². The molecule has 2 saturated heterocycles. The Morgan fingerprint density at radius 1 is 1.13 bits per heavy atom. The second kappa shape index (κ2) is 7.94. The highest BCUT2D eigenvalue weighted by molar-refractivity contribution is 6.00. The summed E-state index contributed by atoms with van der Waals surface area (Å²) in [6.07, 6.45) is 6.82. The summed E-state index contributed by atoms with van der Waals surface area (Å²) in [7, 11) is 1.87. The standard InChI is InChI=1S/C24H26N4O2/c1-27-15-21(23(26-27)17-7-3-2-4-8-17)24(29)28-14-18-10-11-20(28)13-19(18)16-30-22-9-5-6-12-25-22/h2-9,12,15,18-20H,10-11,13-14,16H2,1H3. The normalized spacial score (nSPS) is 22.8. The molecule has 1 amide bonds. The van der Waals surface area contributed by atoms with Gasteiger partial charge in [-0.05, 0) is 37.2 Å². The number of nitrogens with zero attached hydrogens (tertiary/aromatic N) is 4. The second-order valence-electron chi connectivity index (χ2n) is 8.35. The van der Waals surface area contributed by atoms with E-state index in [2.05, 4.69) is 15.0 Å². The Bertz CT molecular complexity index is 1020. The van der Waals surface area contributed by atoms with Crippen molar-refractivity contribution in [3.8, 4) is 17.1 Å². The predicted molar refractivity (Wildman–Crippen MR) is 114 cm³/mol. The summed E-state index contributed by atoms with van der Waals surface area (Å²) in [4.78, 5) is 19.8. The van der Waals surface area contributed by atoms with E-state index in [9.17, 15) is 4.79 Å². The average molecular weight is 402 g/mol. The van der Waals surface area contributed by atoms with Crippen molar-refractivity contribution in [3.05, 3.63) is 66.5 Å². The van der Waals surface area contributed by atoms with Crippen LogP contribution >= 0.6 is 0 Å². The lowest BCUT2D eigenvalue weighted by molar-refractivity contribution is -0.00468. The number of aromatic nitrogens is 3. The molecular weight excluding hydrogens is 376 g/mol. The SMILES string of the molecule is Cn1cc(C(=O)N2CC3CCC2CC3COc2ccccn2)c(-c2ccccc2)n1. The van der Waals surface area contributed by atoms with Crippen LogP contribution in [0, 0.1) is 11.8 Å². The summed E-state index contributed by atoms with van der Waals surface area (Å²) >= 11 is 0. The monoisotopic (exact) mass is 402 g/mol. The molecule has 3 aliphatic rings. The molecule has 3 fully saturated rings. The fourth-order valence-corrected chi connectivity index (χ4v) is 4.91. The van der Waals surface area contributed by atoms with Gasteiger partial charge in [-0.2, -0.15) is 5.10 Å². The van der Waals surface area contributed by atoms with Crippen LogP contribution in [0.25, 0.3) is 11.3 Å². The number of hydrogen-bond acceptors (Lipinski definition) is 4. The Balaban J connectivity index is 1.31. The molecule has 0 N–H and O–H groups in total. The molecule has 6 heteroatoms. The average Bonchev–Trinajstić information content (AvgIpc) is 3.20. The zero-order valence-corrected chi connectivity index (χ0v) is 17.1. The van der Waals surface area contributed by atoms with Crippen molar-refractivity contribution in [1.29, 1.82) is 0 Å². The number of carbonyl (C=O) groups excluding carboxylic acids is 1. The lowest BCUT2D eigenvalue weighted by Crippen LogP contribution is -2.55. The minimum Gasteiger partial charge on any atom is -0.477 e. The van der Waals surface area contributed by atoms with Crippen LogP contribution in [0.3, 0.4) is 0 Å². The molecule has 0 spiro atoms. The van der Waals surface area contributed by atoms with Crippen molar-refractivity contribution in [2.45, 2.75) is 25.3 Å². The highest BCUT2D eigenvalue weighted by Crippen LogP contribution is 2.40. The zero-order valence-electron chi connectivity index (χ0n) is 17.1. The summed E-state index contributed by atoms with van der Waals surface area (Å²) in [6.45, 7) is 1.46. The third kappa shape index (κ3) is 3.58. The first-order valence-corrected chi connectivity index (χ1v) is 10.6. The second-order valence-corrected chi connectivity index (χ2v) is 8.35. The largest absolute Gasteiger partial charge is 0.477 e. The molecule has 2 aromatic heterocycles. The quantitative estimate of drug-likeness (QED) is 0.651. The predicted octanol–water partition coefficient (Wildman–Crippen LogP) is 3.80. The number of pyridine rings is 1. The van der Waals surface area contributed by atoms with Crippen molar-refractivity contribution in [2.24, 2.45) is 18.9 Å². The number of carbonyl (C=O) groups is 1. The van der Waals surface area contributed by atoms with E-state index in [0.717, 1.165) is 37.1 Å².